The summed E-state index contributed by atoms with van der Waals surface area (Å²) >= 11 is 1.75. The van der Waals surface area contributed by atoms with Crippen molar-refractivity contribution in [3.8, 4) is 16.3 Å². The van der Waals surface area contributed by atoms with Gasteiger partial charge in [-0.1, -0.05) is 60.7 Å². The summed E-state index contributed by atoms with van der Waals surface area (Å²) in [5.74, 6) is 0. The minimum absolute atomic E-state index is 0.382. The SMILES string of the molecule is CC1(C)OB(c2ccc3c(c2)c2ccc4nc(-c5ccccc5)sc4c2n3-c2ccccc2)OC1(C)C. The second kappa shape index (κ2) is 8.03. The van der Waals surface area contributed by atoms with Crippen LogP contribution >= 0.6 is 11.3 Å². The predicted molar refractivity (Wildman–Crippen MR) is 155 cm³/mol. The van der Waals surface area contributed by atoms with E-state index in [9.17, 15) is 0 Å². The molecule has 6 heteroatoms. The normalized spacial score (nSPS) is 16.8. The number of hydrogen-bond donors (Lipinski definition) is 0. The highest BCUT2D eigenvalue weighted by Crippen LogP contribution is 2.41. The predicted octanol–water partition coefficient (Wildman–Crippen LogP) is 7.36. The van der Waals surface area contributed by atoms with Gasteiger partial charge < -0.3 is 13.9 Å². The van der Waals surface area contributed by atoms with E-state index in [0.29, 0.717) is 0 Å². The number of rotatable bonds is 3. The van der Waals surface area contributed by atoms with Gasteiger partial charge >= 0.3 is 7.12 Å². The van der Waals surface area contributed by atoms with Crippen molar-refractivity contribution in [2.45, 2.75) is 38.9 Å². The molecule has 7 rings (SSSR count). The van der Waals surface area contributed by atoms with Crippen LogP contribution in [0.4, 0.5) is 0 Å². The summed E-state index contributed by atoms with van der Waals surface area (Å²) in [6, 6.07) is 31.9. The molecule has 1 aliphatic heterocycles. The standard InChI is InChI=1S/C31H27BN2O2S/c1-30(2)31(3,4)36-32(35-30)21-15-18-26-24(19-21)23-16-17-25-28(27(23)34(26)22-13-9-6-10-14-22)37-29(33-25)20-11-7-5-8-12-20/h5-19H,1-4H3. The summed E-state index contributed by atoms with van der Waals surface area (Å²) in [5.41, 5.74) is 5.90. The molecule has 3 heterocycles. The van der Waals surface area contributed by atoms with Crippen molar-refractivity contribution < 1.29 is 9.31 Å². The van der Waals surface area contributed by atoms with Crippen LogP contribution in [-0.2, 0) is 9.31 Å². The highest BCUT2D eigenvalue weighted by molar-refractivity contribution is 7.22. The van der Waals surface area contributed by atoms with Crippen LogP contribution in [0.1, 0.15) is 27.7 Å². The molecule has 4 aromatic carbocycles. The maximum absolute atomic E-state index is 6.39. The summed E-state index contributed by atoms with van der Waals surface area (Å²) in [6.07, 6.45) is 0. The van der Waals surface area contributed by atoms with Crippen LogP contribution in [0, 0.1) is 0 Å². The lowest BCUT2D eigenvalue weighted by molar-refractivity contribution is 0.00578. The molecule has 1 aliphatic rings. The fourth-order valence-corrected chi connectivity index (χ4v) is 6.28. The minimum Gasteiger partial charge on any atom is -0.399 e. The molecule has 1 fully saturated rings. The first-order valence-electron chi connectivity index (χ1n) is 12.7. The summed E-state index contributed by atoms with van der Waals surface area (Å²) in [4.78, 5) is 5.02. The zero-order valence-electron chi connectivity index (χ0n) is 21.4. The molecule has 1 saturated heterocycles. The van der Waals surface area contributed by atoms with E-state index in [1.807, 2.05) is 6.07 Å². The van der Waals surface area contributed by atoms with Crippen LogP contribution in [0.15, 0.2) is 91.0 Å². The third-order valence-electron chi connectivity index (χ3n) is 7.87. The maximum Gasteiger partial charge on any atom is 0.494 e. The molecular weight excluding hydrogens is 475 g/mol. The lowest BCUT2D eigenvalue weighted by atomic mass is 9.78. The fraction of sp³-hybridized carbons (Fsp3) is 0.194. The van der Waals surface area contributed by atoms with Gasteiger partial charge in [0.25, 0.3) is 0 Å². The first kappa shape index (κ1) is 22.7. The van der Waals surface area contributed by atoms with Gasteiger partial charge in [-0.3, -0.25) is 0 Å². The molecule has 182 valence electrons. The summed E-state index contributed by atoms with van der Waals surface area (Å²) in [7, 11) is -0.402. The average Bonchev–Trinajstić information content (AvgIpc) is 3.54. The van der Waals surface area contributed by atoms with Gasteiger partial charge in [0.1, 0.15) is 5.01 Å². The van der Waals surface area contributed by atoms with E-state index in [4.69, 9.17) is 14.3 Å². The van der Waals surface area contributed by atoms with Crippen LogP contribution in [-0.4, -0.2) is 27.9 Å². The lowest BCUT2D eigenvalue weighted by Gasteiger charge is -2.32. The van der Waals surface area contributed by atoms with Gasteiger partial charge in [0.05, 0.1) is 32.5 Å². The Hall–Kier alpha value is -3.45. The van der Waals surface area contributed by atoms with Crippen LogP contribution < -0.4 is 5.46 Å². The van der Waals surface area contributed by atoms with Gasteiger partial charge in [-0.25, -0.2) is 4.98 Å². The number of benzene rings is 4. The Balaban J connectivity index is 1.50. The monoisotopic (exact) mass is 502 g/mol. The van der Waals surface area contributed by atoms with Crippen LogP contribution in [0.25, 0.3) is 48.3 Å². The summed E-state index contributed by atoms with van der Waals surface area (Å²) in [5, 5.41) is 3.42. The minimum atomic E-state index is -0.402. The first-order chi connectivity index (χ1) is 17.8. The van der Waals surface area contributed by atoms with E-state index in [-0.39, 0.29) is 11.2 Å². The smallest absolute Gasteiger partial charge is 0.399 e. The van der Waals surface area contributed by atoms with Crippen molar-refractivity contribution in [2.75, 3.05) is 0 Å². The van der Waals surface area contributed by atoms with Gasteiger partial charge in [-0.2, -0.15) is 0 Å². The Morgan fingerprint density at radius 1 is 0.757 bits per heavy atom. The molecular formula is C31H27BN2O2S. The van der Waals surface area contributed by atoms with Crippen molar-refractivity contribution in [3.05, 3.63) is 91.0 Å². The van der Waals surface area contributed by atoms with Crippen LogP contribution in [0.3, 0.4) is 0 Å². The molecule has 6 aromatic rings. The highest BCUT2D eigenvalue weighted by Gasteiger charge is 2.51. The molecule has 0 atom stereocenters. The third-order valence-corrected chi connectivity index (χ3v) is 8.99. The molecule has 0 saturated carbocycles. The highest BCUT2D eigenvalue weighted by atomic mass is 32.1. The third kappa shape index (κ3) is 3.47. The topological polar surface area (TPSA) is 36.3 Å². The molecule has 0 spiro atoms. The maximum atomic E-state index is 6.39. The van der Waals surface area contributed by atoms with E-state index in [2.05, 4.69) is 117 Å². The quantitative estimate of drug-likeness (QED) is 0.237. The van der Waals surface area contributed by atoms with Crippen molar-refractivity contribution in [1.82, 2.24) is 9.55 Å². The molecule has 4 nitrogen and oxygen atoms in total. The van der Waals surface area contributed by atoms with Gasteiger partial charge in [0.2, 0.25) is 0 Å². The Bertz CT molecular complexity index is 1770. The van der Waals surface area contributed by atoms with Crippen molar-refractivity contribution >= 4 is 55.9 Å². The fourth-order valence-electron chi connectivity index (χ4n) is 5.18. The van der Waals surface area contributed by atoms with E-state index >= 15 is 0 Å². The number of thiazole rings is 1. The van der Waals surface area contributed by atoms with E-state index < -0.39 is 7.12 Å². The van der Waals surface area contributed by atoms with Crippen molar-refractivity contribution in [3.63, 3.8) is 0 Å². The molecule has 2 aromatic heterocycles. The molecule has 0 aliphatic carbocycles. The largest absolute Gasteiger partial charge is 0.494 e. The second-order valence-electron chi connectivity index (χ2n) is 10.7. The molecule has 0 bridgehead atoms. The summed E-state index contributed by atoms with van der Waals surface area (Å²) < 4.78 is 16.3. The van der Waals surface area contributed by atoms with Gasteiger partial charge in [0, 0.05) is 22.0 Å². The van der Waals surface area contributed by atoms with Gasteiger partial charge in [0.15, 0.2) is 0 Å². The second-order valence-corrected chi connectivity index (χ2v) is 11.7. The average molecular weight is 502 g/mol. The lowest BCUT2D eigenvalue weighted by Crippen LogP contribution is -2.41. The molecule has 0 unspecified atom stereocenters. The first-order valence-corrected chi connectivity index (χ1v) is 13.5. The number of fused-ring (bicyclic) bond motifs is 5. The molecule has 0 amide bonds. The van der Waals surface area contributed by atoms with E-state index in [1.165, 1.54) is 21.0 Å². The molecule has 0 N–H and O–H groups in total. The van der Waals surface area contributed by atoms with Crippen LogP contribution in [0.5, 0.6) is 0 Å². The van der Waals surface area contributed by atoms with Crippen LogP contribution in [0.2, 0.25) is 0 Å². The van der Waals surface area contributed by atoms with Gasteiger partial charge in [-0.05, 0) is 63.5 Å². The molecule has 37 heavy (non-hydrogen) atoms. The number of para-hydroxylation sites is 1. The van der Waals surface area contributed by atoms with Crippen molar-refractivity contribution in [1.29, 1.82) is 0 Å². The van der Waals surface area contributed by atoms with Gasteiger partial charge in [-0.15, -0.1) is 11.3 Å². The Morgan fingerprint density at radius 3 is 2.14 bits per heavy atom. The van der Waals surface area contributed by atoms with E-state index in [0.717, 1.165) is 32.8 Å². The Kier molecular flexibility index (Phi) is 4.93. The number of hydrogen-bond acceptors (Lipinski definition) is 4. The van der Waals surface area contributed by atoms with E-state index in [1.54, 1.807) is 11.3 Å². The zero-order chi connectivity index (χ0) is 25.4. The number of nitrogens with zero attached hydrogens (tertiary/aromatic N) is 2. The summed E-state index contributed by atoms with van der Waals surface area (Å²) in [6.45, 7) is 8.38. The number of aromatic nitrogens is 2. The Morgan fingerprint density at radius 2 is 1.43 bits per heavy atom. The Labute approximate surface area is 220 Å². The van der Waals surface area contributed by atoms with Crippen molar-refractivity contribution in [2.24, 2.45) is 0 Å². The molecule has 0 radical (unpaired) electrons. The zero-order valence-corrected chi connectivity index (χ0v) is 22.2.